The predicted molar refractivity (Wildman–Crippen MR) is 79.8 cm³/mol. The van der Waals surface area contributed by atoms with Crippen LogP contribution in [0.2, 0.25) is 0 Å². The van der Waals surface area contributed by atoms with Crippen molar-refractivity contribution in [2.24, 2.45) is 5.73 Å². The van der Waals surface area contributed by atoms with Gasteiger partial charge in [-0.05, 0) is 6.07 Å². The third kappa shape index (κ3) is 1.90. The molecule has 7 nitrogen and oxygen atoms in total. The molecular formula is C15H15NO6. The van der Waals surface area contributed by atoms with E-state index in [1.807, 2.05) is 0 Å². The van der Waals surface area contributed by atoms with Crippen molar-refractivity contribution in [1.82, 2.24) is 0 Å². The first-order valence-electron chi connectivity index (χ1n) is 6.52. The normalized spacial score (nSPS) is 11.1. The number of fused-ring (bicyclic) bond motifs is 2. The van der Waals surface area contributed by atoms with Crippen LogP contribution in [-0.4, -0.2) is 21.3 Å². The van der Waals surface area contributed by atoms with Gasteiger partial charge in [0.25, 0.3) is 5.95 Å². The number of nitrogens with two attached hydrogens (primary N) is 1. The van der Waals surface area contributed by atoms with Gasteiger partial charge in [0.2, 0.25) is 5.75 Å². The molecule has 0 aliphatic carbocycles. The highest BCUT2D eigenvalue weighted by Crippen LogP contribution is 2.43. The summed E-state index contributed by atoms with van der Waals surface area (Å²) in [5.74, 6) is 0.975. The molecule has 2 aromatic heterocycles. The zero-order valence-electron chi connectivity index (χ0n) is 12.4. The second-order valence-electron chi connectivity index (χ2n) is 4.57. The molecule has 0 radical (unpaired) electrons. The van der Waals surface area contributed by atoms with E-state index in [9.17, 15) is 4.79 Å². The fourth-order valence-corrected chi connectivity index (χ4v) is 2.52. The van der Waals surface area contributed by atoms with Gasteiger partial charge in [0, 0.05) is 11.9 Å². The van der Waals surface area contributed by atoms with Crippen LogP contribution >= 0.6 is 0 Å². The maximum atomic E-state index is 11.7. The Morgan fingerprint density at radius 1 is 1.00 bits per heavy atom. The third-order valence-corrected chi connectivity index (χ3v) is 3.49. The number of furan rings is 1. The summed E-state index contributed by atoms with van der Waals surface area (Å²) in [5, 5.41) is 1.31. The average molecular weight is 305 g/mol. The second kappa shape index (κ2) is 5.27. The molecule has 3 aromatic rings. The molecule has 0 spiro atoms. The summed E-state index contributed by atoms with van der Waals surface area (Å²) in [6, 6.07) is 3.05. The summed E-state index contributed by atoms with van der Waals surface area (Å²) in [4.78, 5) is 11.7. The zero-order chi connectivity index (χ0) is 15.9. The molecule has 0 aliphatic heterocycles. The molecule has 0 fully saturated rings. The summed E-state index contributed by atoms with van der Waals surface area (Å²) in [6.45, 7) is 0.226. The van der Waals surface area contributed by atoms with Crippen LogP contribution in [-0.2, 0) is 6.54 Å². The number of ether oxygens (including phenoxy) is 3. The largest absolute Gasteiger partial charge is 0.496 e. The maximum absolute atomic E-state index is 11.7. The lowest BCUT2D eigenvalue weighted by Crippen LogP contribution is -2.01. The van der Waals surface area contributed by atoms with Crippen molar-refractivity contribution < 1.29 is 23.0 Å². The standard InChI is InChI=1S/C15H15NO6/c1-18-10-5-11(17)21-13-8(10)4-7-9(6-16)15(20-3)22-12(7)14(13)19-2/h4-5H,6,16H2,1-3H3. The van der Waals surface area contributed by atoms with Crippen molar-refractivity contribution in [2.45, 2.75) is 6.54 Å². The van der Waals surface area contributed by atoms with E-state index in [2.05, 4.69) is 0 Å². The van der Waals surface area contributed by atoms with Gasteiger partial charge in [-0.25, -0.2) is 4.79 Å². The lowest BCUT2D eigenvalue weighted by Gasteiger charge is -2.08. The van der Waals surface area contributed by atoms with E-state index in [1.54, 1.807) is 6.07 Å². The van der Waals surface area contributed by atoms with E-state index in [1.165, 1.54) is 27.4 Å². The van der Waals surface area contributed by atoms with Gasteiger partial charge >= 0.3 is 5.63 Å². The van der Waals surface area contributed by atoms with E-state index in [0.717, 1.165) is 5.39 Å². The van der Waals surface area contributed by atoms with Crippen molar-refractivity contribution in [2.75, 3.05) is 21.3 Å². The monoisotopic (exact) mass is 305 g/mol. The van der Waals surface area contributed by atoms with Crippen LogP contribution in [0.1, 0.15) is 5.56 Å². The van der Waals surface area contributed by atoms with Crippen LogP contribution in [0.4, 0.5) is 0 Å². The van der Waals surface area contributed by atoms with Crippen LogP contribution in [0.15, 0.2) is 25.8 Å². The van der Waals surface area contributed by atoms with Crippen LogP contribution in [0.5, 0.6) is 17.4 Å². The Balaban J connectivity index is 2.55. The van der Waals surface area contributed by atoms with Gasteiger partial charge in [0.1, 0.15) is 5.75 Å². The molecule has 2 heterocycles. The number of rotatable bonds is 4. The van der Waals surface area contributed by atoms with Crippen LogP contribution in [0.25, 0.3) is 21.9 Å². The average Bonchev–Trinajstić information content (AvgIpc) is 2.89. The van der Waals surface area contributed by atoms with E-state index in [-0.39, 0.29) is 12.1 Å². The summed E-state index contributed by atoms with van der Waals surface area (Å²) < 4.78 is 26.7. The van der Waals surface area contributed by atoms with Gasteiger partial charge in [-0.3, -0.25) is 0 Å². The Labute approximate surface area is 125 Å². The Bertz CT molecular complexity index is 908. The van der Waals surface area contributed by atoms with Crippen molar-refractivity contribution in [1.29, 1.82) is 0 Å². The van der Waals surface area contributed by atoms with Gasteiger partial charge in [-0.1, -0.05) is 0 Å². The third-order valence-electron chi connectivity index (χ3n) is 3.49. The predicted octanol–water partition coefficient (Wildman–Crippen LogP) is 2.02. The van der Waals surface area contributed by atoms with Crippen molar-refractivity contribution in [3.05, 3.63) is 28.1 Å². The quantitative estimate of drug-likeness (QED) is 0.736. The molecule has 0 aliphatic rings. The number of benzene rings is 1. The lowest BCUT2D eigenvalue weighted by molar-refractivity contribution is 0.307. The first-order chi connectivity index (χ1) is 10.6. The van der Waals surface area contributed by atoms with Gasteiger partial charge in [-0.15, -0.1) is 0 Å². The molecular weight excluding hydrogens is 290 g/mol. The summed E-state index contributed by atoms with van der Waals surface area (Å²) in [7, 11) is 4.43. The van der Waals surface area contributed by atoms with Gasteiger partial charge in [0.05, 0.1) is 38.3 Å². The highest BCUT2D eigenvalue weighted by molar-refractivity contribution is 6.04. The minimum atomic E-state index is -0.542. The minimum Gasteiger partial charge on any atom is -0.496 e. The van der Waals surface area contributed by atoms with Crippen LogP contribution < -0.4 is 25.6 Å². The molecule has 2 N–H and O–H groups in total. The SMILES string of the molecule is COc1oc2c(OC)c3oc(=O)cc(OC)c3cc2c1CN. The fourth-order valence-electron chi connectivity index (χ4n) is 2.52. The van der Waals surface area contributed by atoms with Gasteiger partial charge in [0.15, 0.2) is 11.2 Å². The molecule has 22 heavy (non-hydrogen) atoms. The smallest absolute Gasteiger partial charge is 0.340 e. The molecule has 0 amide bonds. The van der Waals surface area contributed by atoms with E-state index in [4.69, 9.17) is 28.8 Å². The Morgan fingerprint density at radius 2 is 1.73 bits per heavy atom. The molecule has 3 rings (SSSR count). The topological polar surface area (TPSA) is 97.1 Å². The van der Waals surface area contributed by atoms with E-state index >= 15 is 0 Å². The molecule has 1 aromatic carbocycles. The first kappa shape index (κ1) is 14.3. The van der Waals surface area contributed by atoms with Gasteiger partial charge < -0.3 is 28.8 Å². The van der Waals surface area contributed by atoms with Gasteiger partial charge in [-0.2, -0.15) is 0 Å². The van der Waals surface area contributed by atoms with E-state index in [0.29, 0.717) is 34.0 Å². The van der Waals surface area contributed by atoms with Crippen LogP contribution in [0.3, 0.4) is 0 Å². The molecule has 0 saturated heterocycles. The van der Waals surface area contributed by atoms with Crippen LogP contribution in [0, 0.1) is 0 Å². The first-order valence-corrected chi connectivity index (χ1v) is 6.52. The highest BCUT2D eigenvalue weighted by atomic mass is 16.6. The Morgan fingerprint density at radius 3 is 2.32 bits per heavy atom. The summed E-state index contributed by atoms with van der Waals surface area (Å²) >= 11 is 0. The summed E-state index contributed by atoms with van der Waals surface area (Å²) in [5.41, 5.74) is 6.59. The Hall–Kier alpha value is -2.67. The van der Waals surface area contributed by atoms with Crippen molar-refractivity contribution in [3.63, 3.8) is 0 Å². The molecule has 116 valence electrons. The molecule has 7 heteroatoms. The second-order valence-corrected chi connectivity index (χ2v) is 4.57. The lowest BCUT2D eigenvalue weighted by atomic mass is 10.1. The molecule has 0 saturated carbocycles. The fraction of sp³-hybridized carbons (Fsp3) is 0.267. The highest BCUT2D eigenvalue weighted by Gasteiger charge is 2.23. The van der Waals surface area contributed by atoms with Crippen molar-refractivity contribution >= 4 is 21.9 Å². The molecule has 0 unspecified atom stereocenters. The summed E-state index contributed by atoms with van der Waals surface area (Å²) in [6.07, 6.45) is 0. The number of hydrogen-bond acceptors (Lipinski definition) is 7. The van der Waals surface area contributed by atoms with E-state index < -0.39 is 5.63 Å². The maximum Gasteiger partial charge on any atom is 0.340 e. The molecule has 0 bridgehead atoms. The Kier molecular flexibility index (Phi) is 3.42. The van der Waals surface area contributed by atoms with Crippen molar-refractivity contribution in [3.8, 4) is 17.4 Å². The zero-order valence-corrected chi connectivity index (χ0v) is 12.4. The number of hydrogen-bond donors (Lipinski definition) is 1. The minimum absolute atomic E-state index is 0.226. The number of methoxy groups -OCH3 is 3. The molecule has 0 atom stereocenters.